The van der Waals surface area contributed by atoms with Crippen LogP contribution in [0.25, 0.3) is 0 Å². The van der Waals surface area contributed by atoms with Crippen LogP contribution in [0.3, 0.4) is 0 Å². The van der Waals surface area contributed by atoms with Gasteiger partial charge in [-0.25, -0.2) is 4.98 Å². The van der Waals surface area contributed by atoms with Crippen LogP contribution in [0.15, 0.2) is 11.2 Å². The van der Waals surface area contributed by atoms with Crippen LogP contribution in [0.1, 0.15) is 29.8 Å². The molecule has 4 nitrogen and oxygen atoms in total. The van der Waals surface area contributed by atoms with Crippen molar-refractivity contribution in [2.24, 2.45) is 10.7 Å². The number of nitrogens with one attached hydrogen (secondary N) is 1. The molecule has 0 aliphatic carbocycles. The highest BCUT2D eigenvalue weighted by atomic mass is 32.1. The molecule has 1 rings (SSSR count). The fourth-order valence-corrected chi connectivity index (χ4v) is 1.89. The van der Waals surface area contributed by atoms with Crippen LogP contribution in [-0.4, -0.2) is 18.0 Å². The van der Waals surface area contributed by atoms with Crippen molar-refractivity contribution in [1.29, 1.82) is 0 Å². The van der Waals surface area contributed by atoms with E-state index < -0.39 is 0 Å². The van der Waals surface area contributed by atoms with Crippen molar-refractivity contribution < 1.29 is 0 Å². The van der Waals surface area contributed by atoms with Gasteiger partial charge in [-0.3, -0.25) is 4.99 Å². The number of nitrogens with zero attached hydrogens (tertiary/aromatic N) is 2. The van der Waals surface area contributed by atoms with Gasteiger partial charge in [0, 0.05) is 18.1 Å². The first-order chi connectivity index (χ1) is 6.67. The number of rotatable bonds is 3. The normalized spacial score (nSPS) is 14.1. The zero-order chi connectivity index (χ0) is 10.6. The Morgan fingerprint density at radius 1 is 1.79 bits per heavy atom. The molecule has 0 spiro atoms. The van der Waals surface area contributed by atoms with E-state index in [0.29, 0.717) is 5.96 Å². The third kappa shape index (κ3) is 2.70. The molecule has 14 heavy (non-hydrogen) atoms. The van der Waals surface area contributed by atoms with Crippen molar-refractivity contribution >= 4 is 17.3 Å². The molecule has 1 heterocycles. The van der Waals surface area contributed by atoms with Crippen LogP contribution in [0, 0.1) is 0 Å². The van der Waals surface area contributed by atoms with E-state index in [1.165, 1.54) is 4.88 Å². The van der Waals surface area contributed by atoms with Crippen LogP contribution in [0.2, 0.25) is 0 Å². The fourth-order valence-electron chi connectivity index (χ4n) is 1.03. The second-order valence-corrected chi connectivity index (χ2v) is 4.14. The molecule has 78 valence electrons. The van der Waals surface area contributed by atoms with Crippen molar-refractivity contribution in [3.8, 4) is 0 Å². The topological polar surface area (TPSA) is 63.3 Å². The number of hydrogen-bond donors (Lipinski definition) is 2. The highest BCUT2D eigenvalue weighted by Crippen LogP contribution is 2.19. The Hall–Kier alpha value is -1.10. The number of aromatic nitrogens is 1. The summed E-state index contributed by atoms with van der Waals surface area (Å²) in [6, 6.07) is 0.129. The number of nitrogens with two attached hydrogens (primary N) is 1. The maximum atomic E-state index is 5.57. The molecule has 0 aliphatic heterocycles. The molecule has 3 N–H and O–H groups in total. The van der Waals surface area contributed by atoms with Crippen molar-refractivity contribution in [3.05, 3.63) is 16.1 Å². The first-order valence-electron chi connectivity index (χ1n) is 4.60. The molecule has 0 aromatic carbocycles. The van der Waals surface area contributed by atoms with Gasteiger partial charge < -0.3 is 11.1 Å². The highest BCUT2D eigenvalue weighted by molar-refractivity contribution is 7.11. The Bertz CT molecular complexity index is 318. The minimum absolute atomic E-state index is 0.129. The molecule has 0 saturated heterocycles. The van der Waals surface area contributed by atoms with Crippen LogP contribution in [0.4, 0.5) is 0 Å². The third-order valence-electron chi connectivity index (χ3n) is 1.90. The van der Waals surface area contributed by atoms with Gasteiger partial charge in [-0.05, 0) is 13.3 Å². The quantitative estimate of drug-likeness (QED) is 0.586. The second-order valence-electron chi connectivity index (χ2n) is 2.99. The molecule has 0 amide bonds. The van der Waals surface area contributed by atoms with Gasteiger partial charge in [0.05, 0.1) is 6.04 Å². The summed E-state index contributed by atoms with van der Waals surface area (Å²) in [5.74, 6) is 0.450. The summed E-state index contributed by atoms with van der Waals surface area (Å²) in [6.07, 6.45) is 2.94. The zero-order valence-corrected chi connectivity index (χ0v) is 9.56. The van der Waals surface area contributed by atoms with E-state index in [1.807, 2.05) is 13.1 Å². The lowest BCUT2D eigenvalue weighted by Crippen LogP contribution is -2.33. The number of aliphatic imine (C=N–C) groups is 1. The Labute approximate surface area is 88.3 Å². The molecule has 0 aliphatic rings. The van der Waals surface area contributed by atoms with Crippen molar-refractivity contribution in [3.63, 3.8) is 0 Å². The molecule has 0 bridgehead atoms. The summed E-state index contributed by atoms with van der Waals surface area (Å²) in [5, 5.41) is 4.11. The minimum Gasteiger partial charge on any atom is -0.370 e. The van der Waals surface area contributed by atoms with Gasteiger partial charge in [0.15, 0.2) is 5.96 Å². The van der Waals surface area contributed by atoms with Crippen molar-refractivity contribution in [1.82, 2.24) is 10.3 Å². The Kier molecular flexibility index (Phi) is 3.88. The summed E-state index contributed by atoms with van der Waals surface area (Å²) in [7, 11) is 1.66. The average Bonchev–Trinajstić information content (AvgIpc) is 2.65. The first-order valence-corrected chi connectivity index (χ1v) is 5.42. The monoisotopic (exact) mass is 212 g/mol. The average molecular weight is 212 g/mol. The van der Waals surface area contributed by atoms with Gasteiger partial charge in [-0.2, -0.15) is 0 Å². The Balaban J connectivity index is 2.64. The third-order valence-corrected chi connectivity index (χ3v) is 3.22. The van der Waals surface area contributed by atoms with E-state index in [-0.39, 0.29) is 6.04 Å². The van der Waals surface area contributed by atoms with Crippen LogP contribution in [-0.2, 0) is 6.42 Å². The number of thiazole rings is 1. The highest BCUT2D eigenvalue weighted by Gasteiger charge is 2.09. The van der Waals surface area contributed by atoms with Gasteiger partial charge in [-0.15, -0.1) is 11.3 Å². The van der Waals surface area contributed by atoms with Gasteiger partial charge in [-0.1, -0.05) is 6.92 Å². The van der Waals surface area contributed by atoms with Crippen molar-refractivity contribution in [2.75, 3.05) is 7.05 Å². The molecule has 0 radical (unpaired) electrons. The summed E-state index contributed by atoms with van der Waals surface area (Å²) >= 11 is 1.71. The van der Waals surface area contributed by atoms with Gasteiger partial charge in [0.25, 0.3) is 0 Å². The molecule has 0 saturated carbocycles. The standard InChI is InChI=1S/C9H16N4S/c1-4-7-5-12-8(14-7)6(2)13-9(10)11-3/h5-6H,4H2,1-3H3,(H3,10,11,13). The molecule has 1 atom stereocenters. The van der Waals surface area contributed by atoms with Crippen molar-refractivity contribution in [2.45, 2.75) is 26.3 Å². The number of guanidine groups is 1. The predicted octanol–water partition coefficient (Wildman–Crippen LogP) is 1.30. The van der Waals surface area contributed by atoms with E-state index in [9.17, 15) is 0 Å². The summed E-state index contributed by atoms with van der Waals surface area (Å²) in [4.78, 5) is 9.45. The molecular formula is C9H16N4S. The summed E-state index contributed by atoms with van der Waals surface area (Å²) < 4.78 is 0. The lowest BCUT2D eigenvalue weighted by Gasteiger charge is -2.10. The van der Waals surface area contributed by atoms with Gasteiger partial charge in [0.2, 0.25) is 0 Å². The summed E-state index contributed by atoms with van der Waals surface area (Å²) in [5.41, 5.74) is 5.57. The lowest BCUT2D eigenvalue weighted by molar-refractivity contribution is 0.704. The van der Waals surface area contributed by atoms with E-state index in [0.717, 1.165) is 11.4 Å². The number of hydrogen-bond acceptors (Lipinski definition) is 3. The first kappa shape index (κ1) is 11.0. The SMILES string of the molecule is CCc1cnc(C(C)NC(N)=NC)s1. The van der Waals surface area contributed by atoms with E-state index in [1.54, 1.807) is 18.4 Å². The molecule has 1 aromatic heterocycles. The molecule has 1 unspecified atom stereocenters. The van der Waals surface area contributed by atoms with Crippen LogP contribution < -0.4 is 11.1 Å². The smallest absolute Gasteiger partial charge is 0.188 e. The van der Waals surface area contributed by atoms with Crippen LogP contribution in [0.5, 0.6) is 0 Å². The van der Waals surface area contributed by atoms with Gasteiger partial charge in [0.1, 0.15) is 5.01 Å². The van der Waals surface area contributed by atoms with Crippen LogP contribution >= 0.6 is 11.3 Å². The second kappa shape index (κ2) is 4.95. The zero-order valence-electron chi connectivity index (χ0n) is 8.74. The van der Waals surface area contributed by atoms with Gasteiger partial charge >= 0.3 is 0 Å². The van der Waals surface area contributed by atoms with E-state index in [2.05, 4.69) is 22.2 Å². The minimum atomic E-state index is 0.129. The Morgan fingerprint density at radius 3 is 3.00 bits per heavy atom. The fraction of sp³-hybridized carbons (Fsp3) is 0.556. The lowest BCUT2D eigenvalue weighted by atomic mass is 10.3. The summed E-state index contributed by atoms with van der Waals surface area (Å²) in [6.45, 7) is 4.15. The van der Waals surface area contributed by atoms with E-state index >= 15 is 0 Å². The largest absolute Gasteiger partial charge is 0.370 e. The maximum Gasteiger partial charge on any atom is 0.188 e. The Morgan fingerprint density at radius 2 is 2.50 bits per heavy atom. The predicted molar refractivity (Wildman–Crippen MR) is 60.6 cm³/mol. The van der Waals surface area contributed by atoms with E-state index in [4.69, 9.17) is 5.73 Å². The molecular weight excluding hydrogens is 196 g/mol. The maximum absolute atomic E-state index is 5.57. The number of aryl methyl sites for hydroxylation is 1. The molecule has 0 fully saturated rings. The molecule has 5 heteroatoms. The molecule has 1 aromatic rings.